The topological polar surface area (TPSA) is 81.1 Å². The minimum atomic E-state index is -0.453. The number of para-hydroxylation sites is 4. The van der Waals surface area contributed by atoms with Crippen LogP contribution in [0.4, 0.5) is 11.4 Å². The summed E-state index contributed by atoms with van der Waals surface area (Å²) in [6.45, 7) is 1.06. The first kappa shape index (κ1) is 30.5. The van der Waals surface area contributed by atoms with Crippen molar-refractivity contribution >= 4 is 23.2 Å². The van der Waals surface area contributed by atoms with E-state index in [2.05, 4.69) is 0 Å². The Bertz CT molecular complexity index is 1930. The van der Waals surface area contributed by atoms with Crippen LogP contribution in [-0.2, 0) is 22.7 Å². The normalized spacial score (nSPS) is 16.2. The quantitative estimate of drug-likeness (QED) is 0.195. The maximum Gasteiger partial charge on any atom is 0.239 e. The van der Waals surface area contributed by atoms with Crippen LogP contribution in [-0.4, -0.2) is 22.0 Å². The van der Waals surface area contributed by atoms with Crippen LogP contribution in [0, 0.1) is 0 Å². The van der Waals surface area contributed by atoms with Gasteiger partial charge in [-0.3, -0.25) is 9.59 Å². The van der Waals surface area contributed by atoms with E-state index in [0.29, 0.717) is 24.2 Å². The van der Waals surface area contributed by atoms with Crippen molar-refractivity contribution in [2.24, 2.45) is 0 Å². The third kappa shape index (κ3) is 5.80. The fourth-order valence-electron chi connectivity index (χ4n) is 6.69. The zero-order valence-corrected chi connectivity index (χ0v) is 26.2. The fraction of sp³-hybridized carbons (Fsp3) is 0.0952. The largest absolute Gasteiger partial charge is 0.508 e. The van der Waals surface area contributed by atoms with Crippen LogP contribution in [0.25, 0.3) is 0 Å². The molecule has 0 saturated carbocycles. The molecule has 0 fully saturated rings. The predicted molar refractivity (Wildman–Crippen MR) is 188 cm³/mol. The van der Waals surface area contributed by atoms with Gasteiger partial charge < -0.3 is 20.0 Å². The molecule has 48 heavy (non-hydrogen) atoms. The first-order valence-electron chi connectivity index (χ1n) is 16.0. The van der Waals surface area contributed by atoms with Crippen molar-refractivity contribution in [2.75, 3.05) is 9.80 Å². The first-order chi connectivity index (χ1) is 23.5. The van der Waals surface area contributed by atoms with E-state index in [1.54, 1.807) is 24.3 Å². The number of fused-ring (bicyclic) bond motifs is 2. The van der Waals surface area contributed by atoms with Crippen LogP contribution < -0.4 is 9.80 Å². The molecule has 2 aliphatic heterocycles. The number of carbonyl (C=O) groups is 2. The summed E-state index contributed by atoms with van der Waals surface area (Å²) >= 11 is 0. The smallest absolute Gasteiger partial charge is 0.239 e. The summed E-state index contributed by atoms with van der Waals surface area (Å²) < 4.78 is 0. The summed E-state index contributed by atoms with van der Waals surface area (Å²) in [6.07, 6.45) is 0. The lowest BCUT2D eigenvalue weighted by molar-refractivity contribution is -0.119. The van der Waals surface area contributed by atoms with Crippen molar-refractivity contribution < 1.29 is 19.8 Å². The van der Waals surface area contributed by atoms with Crippen LogP contribution in [0.2, 0.25) is 0 Å². The standard InChI is InChI=1S/2C21H17NO2/c2*23-19-13-7-5-11-17(19)20-16-10-4-6-12-18(16)22(21(20)24)14-15-8-2-1-3-9-15/h2*1-13,20,23H,14H2/t2*20-/m10/s1. The number of amides is 2. The molecular weight excluding hydrogens is 596 g/mol. The number of anilines is 2. The van der Waals surface area contributed by atoms with E-state index >= 15 is 0 Å². The molecule has 0 saturated heterocycles. The van der Waals surface area contributed by atoms with Gasteiger partial charge in [-0.15, -0.1) is 0 Å². The monoisotopic (exact) mass is 630 g/mol. The Labute approximate surface area is 279 Å². The summed E-state index contributed by atoms with van der Waals surface area (Å²) in [7, 11) is 0. The predicted octanol–water partition coefficient (Wildman–Crippen LogP) is 8.14. The molecule has 2 amide bonds. The van der Waals surface area contributed by atoms with Gasteiger partial charge in [0.1, 0.15) is 11.5 Å². The second-order valence-electron chi connectivity index (χ2n) is 11.9. The Morgan fingerprint density at radius 1 is 0.396 bits per heavy atom. The summed E-state index contributed by atoms with van der Waals surface area (Å²) in [6, 6.07) is 49.7. The summed E-state index contributed by atoms with van der Waals surface area (Å²) in [4.78, 5) is 29.9. The molecule has 0 aromatic heterocycles. The van der Waals surface area contributed by atoms with Gasteiger partial charge in [0, 0.05) is 22.5 Å². The van der Waals surface area contributed by atoms with Gasteiger partial charge in [-0.1, -0.05) is 133 Å². The Kier molecular flexibility index (Phi) is 8.46. The average Bonchev–Trinajstić information content (AvgIpc) is 3.55. The second-order valence-corrected chi connectivity index (χ2v) is 11.9. The van der Waals surface area contributed by atoms with E-state index in [1.165, 1.54) is 0 Å². The molecule has 2 atom stereocenters. The van der Waals surface area contributed by atoms with Crippen LogP contribution in [0.15, 0.2) is 158 Å². The number of hydrogen-bond acceptors (Lipinski definition) is 4. The molecule has 6 aromatic carbocycles. The molecule has 0 aliphatic carbocycles. The highest BCUT2D eigenvalue weighted by Crippen LogP contribution is 2.45. The third-order valence-electron chi connectivity index (χ3n) is 8.97. The van der Waals surface area contributed by atoms with E-state index in [1.807, 2.05) is 143 Å². The molecule has 236 valence electrons. The summed E-state index contributed by atoms with van der Waals surface area (Å²) in [5, 5.41) is 20.4. The molecule has 8 rings (SSSR count). The molecule has 0 spiro atoms. The van der Waals surface area contributed by atoms with Gasteiger partial charge in [-0.2, -0.15) is 0 Å². The van der Waals surface area contributed by atoms with Crippen LogP contribution in [0.3, 0.4) is 0 Å². The molecule has 2 N–H and O–H groups in total. The highest BCUT2D eigenvalue weighted by atomic mass is 16.3. The van der Waals surface area contributed by atoms with Crippen molar-refractivity contribution in [1.82, 2.24) is 0 Å². The minimum absolute atomic E-state index is 0.00144. The van der Waals surface area contributed by atoms with Gasteiger partial charge in [0.05, 0.1) is 24.9 Å². The number of nitrogens with zero attached hydrogens (tertiary/aromatic N) is 2. The lowest BCUT2D eigenvalue weighted by Gasteiger charge is -2.18. The zero-order chi connectivity index (χ0) is 33.0. The lowest BCUT2D eigenvalue weighted by atomic mass is 9.92. The van der Waals surface area contributed by atoms with Gasteiger partial charge in [-0.25, -0.2) is 0 Å². The van der Waals surface area contributed by atoms with Gasteiger partial charge in [0.2, 0.25) is 11.8 Å². The van der Waals surface area contributed by atoms with E-state index < -0.39 is 11.8 Å². The van der Waals surface area contributed by atoms with Crippen molar-refractivity contribution in [1.29, 1.82) is 0 Å². The lowest BCUT2D eigenvalue weighted by Crippen LogP contribution is -2.28. The molecule has 2 aliphatic rings. The number of aromatic hydroxyl groups is 2. The van der Waals surface area contributed by atoms with E-state index in [4.69, 9.17) is 0 Å². The van der Waals surface area contributed by atoms with E-state index in [9.17, 15) is 19.8 Å². The number of hydrogen-bond donors (Lipinski definition) is 2. The van der Waals surface area contributed by atoms with E-state index in [-0.39, 0.29) is 23.3 Å². The molecular formula is C42H34N2O4. The third-order valence-corrected chi connectivity index (χ3v) is 8.97. The Hall–Kier alpha value is -6.14. The van der Waals surface area contributed by atoms with Crippen molar-refractivity contribution in [2.45, 2.75) is 24.9 Å². The second kappa shape index (κ2) is 13.3. The maximum absolute atomic E-state index is 13.1. The molecule has 0 radical (unpaired) electrons. The van der Waals surface area contributed by atoms with E-state index in [0.717, 1.165) is 33.6 Å². The number of carbonyl (C=O) groups excluding carboxylic acids is 2. The SMILES string of the molecule is O=C1[C@@H](c2ccccc2O)c2ccccc2N1Cc1ccccc1.O=C1[C@H](c2ccccc2O)c2ccccc2N1Cc1ccccc1. The van der Waals surface area contributed by atoms with Gasteiger partial charge in [-0.05, 0) is 46.5 Å². The van der Waals surface area contributed by atoms with Crippen molar-refractivity contribution in [3.8, 4) is 11.5 Å². The number of benzene rings is 6. The molecule has 6 nitrogen and oxygen atoms in total. The van der Waals surface area contributed by atoms with Crippen molar-refractivity contribution in [3.05, 3.63) is 191 Å². The Morgan fingerprint density at radius 3 is 1.08 bits per heavy atom. The highest BCUT2D eigenvalue weighted by Gasteiger charge is 2.40. The average molecular weight is 631 g/mol. The molecule has 0 unspecified atom stereocenters. The minimum Gasteiger partial charge on any atom is -0.508 e. The number of rotatable bonds is 6. The van der Waals surface area contributed by atoms with Crippen LogP contribution in [0.1, 0.15) is 45.2 Å². The Balaban J connectivity index is 0.000000152. The molecule has 6 aromatic rings. The maximum atomic E-state index is 13.1. The zero-order valence-electron chi connectivity index (χ0n) is 26.2. The molecule has 6 heteroatoms. The van der Waals surface area contributed by atoms with Crippen LogP contribution >= 0.6 is 0 Å². The highest BCUT2D eigenvalue weighted by molar-refractivity contribution is 6.08. The summed E-state index contributed by atoms with van der Waals surface area (Å²) in [5.41, 5.74) is 7.20. The van der Waals surface area contributed by atoms with Gasteiger partial charge in [0.15, 0.2) is 0 Å². The fourth-order valence-corrected chi connectivity index (χ4v) is 6.69. The van der Waals surface area contributed by atoms with Crippen LogP contribution in [0.5, 0.6) is 11.5 Å². The molecule has 0 bridgehead atoms. The van der Waals surface area contributed by atoms with Gasteiger partial charge >= 0.3 is 0 Å². The number of phenolic OH excluding ortho intramolecular Hbond substituents is 2. The molecule has 2 heterocycles. The summed E-state index contributed by atoms with van der Waals surface area (Å²) in [5.74, 6) is -0.584. The first-order valence-corrected chi connectivity index (χ1v) is 16.0. The number of phenols is 2. The van der Waals surface area contributed by atoms with Gasteiger partial charge in [0.25, 0.3) is 0 Å². The Morgan fingerprint density at radius 2 is 0.708 bits per heavy atom. The van der Waals surface area contributed by atoms with Crippen molar-refractivity contribution in [3.63, 3.8) is 0 Å².